The van der Waals surface area contributed by atoms with Gasteiger partial charge in [-0.05, 0) is 38.4 Å². The molecule has 1 aromatic rings. The molecule has 2 heterocycles. The Morgan fingerprint density at radius 3 is 2.67 bits per heavy atom. The standard InChI is InChI=1S/C19H25FN6O4/c1-19(2,3)30-17(27)25-9-7-24(8-10-25)16-14(20)5-4-6-15(16)26-12-13(11-22-23-21)29-18(26)28/h4-6,13H,7-12H2,1-3H3/t13-/m0/s1. The number of cyclic esters (lactones) is 1. The molecule has 10 nitrogen and oxygen atoms in total. The van der Waals surface area contributed by atoms with Crippen molar-refractivity contribution in [1.82, 2.24) is 4.90 Å². The summed E-state index contributed by atoms with van der Waals surface area (Å²) in [6.07, 6.45) is -1.61. The maximum absolute atomic E-state index is 14.8. The van der Waals surface area contributed by atoms with Gasteiger partial charge < -0.3 is 19.3 Å². The molecule has 0 unspecified atom stereocenters. The van der Waals surface area contributed by atoms with Gasteiger partial charge in [0.15, 0.2) is 0 Å². The lowest BCUT2D eigenvalue weighted by Crippen LogP contribution is -2.50. The summed E-state index contributed by atoms with van der Waals surface area (Å²) in [5.74, 6) is -0.468. The number of hydrogen-bond acceptors (Lipinski definition) is 6. The Labute approximate surface area is 173 Å². The minimum atomic E-state index is -0.618. The van der Waals surface area contributed by atoms with E-state index < -0.39 is 29.7 Å². The van der Waals surface area contributed by atoms with Crippen LogP contribution in [0.2, 0.25) is 0 Å². The van der Waals surface area contributed by atoms with Crippen LogP contribution in [-0.2, 0) is 9.47 Å². The molecule has 30 heavy (non-hydrogen) atoms. The molecule has 162 valence electrons. The molecule has 3 rings (SSSR count). The fraction of sp³-hybridized carbons (Fsp3) is 0.579. The summed E-state index contributed by atoms with van der Waals surface area (Å²) in [6, 6.07) is 4.51. The van der Waals surface area contributed by atoms with Gasteiger partial charge in [-0.25, -0.2) is 14.0 Å². The van der Waals surface area contributed by atoms with Crippen LogP contribution >= 0.6 is 0 Å². The average molecular weight is 420 g/mol. The highest BCUT2D eigenvalue weighted by molar-refractivity contribution is 5.94. The maximum atomic E-state index is 14.8. The predicted molar refractivity (Wildman–Crippen MR) is 108 cm³/mol. The largest absolute Gasteiger partial charge is 0.444 e. The van der Waals surface area contributed by atoms with E-state index in [9.17, 15) is 14.0 Å². The molecular formula is C19H25FN6O4. The van der Waals surface area contributed by atoms with Crippen molar-refractivity contribution in [2.45, 2.75) is 32.5 Å². The van der Waals surface area contributed by atoms with Crippen LogP contribution in [0.15, 0.2) is 23.3 Å². The summed E-state index contributed by atoms with van der Waals surface area (Å²) >= 11 is 0. The number of halogens is 1. The molecule has 0 N–H and O–H groups in total. The third kappa shape index (κ3) is 4.85. The van der Waals surface area contributed by atoms with Gasteiger partial charge >= 0.3 is 12.2 Å². The van der Waals surface area contributed by atoms with Crippen molar-refractivity contribution < 1.29 is 23.5 Å². The molecule has 1 aromatic carbocycles. The van der Waals surface area contributed by atoms with E-state index in [0.717, 1.165) is 0 Å². The number of carbonyl (C=O) groups excluding carboxylic acids is 2. The number of amides is 2. The Hall–Kier alpha value is -3.20. The Morgan fingerprint density at radius 1 is 1.33 bits per heavy atom. The molecule has 2 amide bonds. The lowest BCUT2D eigenvalue weighted by molar-refractivity contribution is 0.0240. The number of azide groups is 1. The van der Waals surface area contributed by atoms with Crippen LogP contribution < -0.4 is 9.80 Å². The number of anilines is 2. The van der Waals surface area contributed by atoms with Crippen molar-refractivity contribution in [2.75, 3.05) is 49.1 Å². The van der Waals surface area contributed by atoms with E-state index in [-0.39, 0.29) is 18.8 Å². The first-order valence-electron chi connectivity index (χ1n) is 9.70. The lowest BCUT2D eigenvalue weighted by atomic mass is 10.1. The number of piperazine rings is 1. The summed E-state index contributed by atoms with van der Waals surface area (Å²) in [7, 11) is 0. The zero-order chi connectivity index (χ0) is 21.9. The van der Waals surface area contributed by atoms with Crippen LogP contribution in [0.4, 0.5) is 25.4 Å². The summed E-state index contributed by atoms with van der Waals surface area (Å²) in [5.41, 5.74) is 8.54. The summed E-state index contributed by atoms with van der Waals surface area (Å²) in [6.45, 7) is 7.09. The number of benzene rings is 1. The van der Waals surface area contributed by atoms with E-state index in [0.29, 0.717) is 31.9 Å². The summed E-state index contributed by atoms with van der Waals surface area (Å²) in [4.78, 5) is 32.0. The number of hydrogen-bond donors (Lipinski definition) is 0. The third-order valence-electron chi connectivity index (χ3n) is 4.73. The van der Waals surface area contributed by atoms with Crippen molar-refractivity contribution in [2.24, 2.45) is 5.11 Å². The van der Waals surface area contributed by atoms with E-state index in [1.165, 1.54) is 17.0 Å². The highest BCUT2D eigenvalue weighted by Crippen LogP contribution is 2.35. The molecule has 2 fully saturated rings. The van der Waals surface area contributed by atoms with Gasteiger partial charge in [-0.3, -0.25) is 4.90 Å². The number of ether oxygens (including phenoxy) is 2. The molecule has 2 saturated heterocycles. The third-order valence-corrected chi connectivity index (χ3v) is 4.73. The van der Waals surface area contributed by atoms with Crippen molar-refractivity contribution in [3.8, 4) is 0 Å². The molecule has 2 aliphatic rings. The highest BCUT2D eigenvalue weighted by Gasteiger charge is 2.35. The number of carbonyl (C=O) groups is 2. The Bertz CT molecular complexity index is 859. The van der Waals surface area contributed by atoms with Gasteiger partial charge in [0, 0.05) is 31.1 Å². The molecule has 0 aliphatic carbocycles. The first-order valence-corrected chi connectivity index (χ1v) is 9.70. The monoisotopic (exact) mass is 420 g/mol. The molecule has 0 spiro atoms. The second kappa shape index (κ2) is 8.66. The van der Waals surface area contributed by atoms with Gasteiger partial charge in [-0.2, -0.15) is 0 Å². The second-order valence-corrected chi connectivity index (χ2v) is 8.09. The first kappa shape index (κ1) is 21.5. The van der Waals surface area contributed by atoms with Crippen LogP contribution in [0.1, 0.15) is 20.8 Å². The van der Waals surface area contributed by atoms with Gasteiger partial charge in [0.25, 0.3) is 0 Å². The molecule has 11 heteroatoms. The maximum Gasteiger partial charge on any atom is 0.414 e. The molecule has 0 aromatic heterocycles. The van der Waals surface area contributed by atoms with Gasteiger partial charge in [0.2, 0.25) is 0 Å². The molecule has 0 radical (unpaired) electrons. The first-order chi connectivity index (χ1) is 14.2. The zero-order valence-corrected chi connectivity index (χ0v) is 17.2. The molecular weight excluding hydrogens is 395 g/mol. The van der Waals surface area contributed by atoms with Gasteiger partial charge in [-0.1, -0.05) is 11.2 Å². The van der Waals surface area contributed by atoms with Gasteiger partial charge in [0.1, 0.15) is 17.5 Å². The molecule has 0 bridgehead atoms. The van der Waals surface area contributed by atoms with Gasteiger partial charge in [-0.15, -0.1) is 0 Å². The van der Waals surface area contributed by atoms with Crippen molar-refractivity contribution in [3.05, 3.63) is 34.5 Å². The fourth-order valence-electron chi connectivity index (χ4n) is 3.41. The van der Waals surface area contributed by atoms with Crippen LogP contribution in [0.5, 0.6) is 0 Å². The smallest absolute Gasteiger partial charge is 0.414 e. The Morgan fingerprint density at radius 2 is 2.03 bits per heavy atom. The van der Waals surface area contributed by atoms with Crippen molar-refractivity contribution >= 4 is 23.6 Å². The molecule has 0 saturated carbocycles. The number of para-hydroxylation sites is 1. The summed E-state index contributed by atoms with van der Waals surface area (Å²) in [5, 5.41) is 3.44. The Balaban J connectivity index is 1.74. The van der Waals surface area contributed by atoms with Crippen LogP contribution in [0.25, 0.3) is 10.4 Å². The second-order valence-electron chi connectivity index (χ2n) is 8.09. The average Bonchev–Trinajstić information content (AvgIpc) is 3.05. The minimum Gasteiger partial charge on any atom is -0.444 e. The van der Waals surface area contributed by atoms with E-state index in [1.54, 1.807) is 36.6 Å². The van der Waals surface area contributed by atoms with E-state index in [1.807, 2.05) is 0 Å². The minimum absolute atomic E-state index is 0.0119. The van der Waals surface area contributed by atoms with Crippen LogP contribution in [0, 0.1) is 5.82 Å². The van der Waals surface area contributed by atoms with Crippen LogP contribution in [-0.4, -0.2) is 68.1 Å². The van der Waals surface area contributed by atoms with Crippen LogP contribution in [0.3, 0.4) is 0 Å². The fourth-order valence-corrected chi connectivity index (χ4v) is 3.41. The topological polar surface area (TPSA) is 111 Å². The Kier molecular flexibility index (Phi) is 6.21. The quantitative estimate of drug-likeness (QED) is 0.420. The predicted octanol–water partition coefficient (Wildman–Crippen LogP) is 3.52. The van der Waals surface area contributed by atoms with E-state index in [2.05, 4.69) is 10.0 Å². The normalized spacial score (nSPS) is 19.4. The SMILES string of the molecule is CC(C)(C)OC(=O)N1CCN(c2c(F)cccc2N2C[C@H](CN=[N+]=[N-])OC2=O)CC1. The lowest BCUT2D eigenvalue weighted by Gasteiger charge is -2.38. The number of rotatable bonds is 4. The van der Waals surface area contributed by atoms with E-state index >= 15 is 0 Å². The van der Waals surface area contributed by atoms with Gasteiger partial charge in [0.05, 0.1) is 24.5 Å². The number of nitrogens with zero attached hydrogens (tertiary/aromatic N) is 6. The summed E-state index contributed by atoms with van der Waals surface area (Å²) < 4.78 is 25.4. The van der Waals surface area contributed by atoms with Crippen molar-refractivity contribution in [3.63, 3.8) is 0 Å². The van der Waals surface area contributed by atoms with Crippen molar-refractivity contribution in [1.29, 1.82) is 0 Å². The van der Waals surface area contributed by atoms with E-state index in [4.69, 9.17) is 15.0 Å². The zero-order valence-electron chi connectivity index (χ0n) is 17.2. The molecule has 1 atom stereocenters. The molecule has 2 aliphatic heterocycles. The highest BCUT2D eigenvalue weighted by atomic mass is 19.1.